The molecule has 0 aliphatic heterocycles. The molecule has 0 fully saturated rings. The van der Waals surface area contributed by atoms with E-state index in [0.29, 0.717) is 16.8 Å². The van der Waals surface area contributed by atoms with Crippen LogP contribution in [0.2, 0.25) is 0 Å². The van der Waals surface area contributed by atoms with Crippen molar-refractivity contribution in [1.29, 1.82) is 10.5 Å². The van der Waals surface area contributed by atoms with E-state index in [2.05, 4.69) is 42.5 Å². The van der Waals surface area contributed by atoms with Crippen LogP contribution in [0.5, 0.6) is 0 Å². The summed E-state index contributed by atoms with van der Waals surface area (Å²) in [5, 5.41) is 23.9. The second-order valence-electron chi connectivity index (χ2n) is 6.46. The molecule has 1 heterocycles. The van der Waals surface area contributed by atoms with E-state index in [4.69, 9.17) is 0 Å². The minimum atomic E-state index is 0.491. The Hall–Kier alpha value is -4.08. The van der Waals surface area contributed by atoms with Crippen LogP contribution in [0.4, 0.5) is 0 Å². The maximum absolute atomic E-state index is 9.68. The average molecular weight is 343 g/mol. The van der Waals surface area contributed by atoms with Gasteiger partial charge in [-0.05, 0) is 35.0 Å². The molecular formula is C24H13N3. The van der Waals surface area contributed by atoms with Gasteiger partial charge < -0.3 is 4.57 Å². The number of para-hydroxylation sites is 2. The first kappa shape index (κ1) is 15.2. The van der Waals surface area contributed by atoms with Gasteiger partial charge in [0.1, 0.15) is 12.1 Å². The average Bonchev–Trinajstić information content (AvgIpc) is 3.07. The van der Waals surface area contributed by atoms with Crippen molar-refractivity contribution in [2.75, 3.05) is 0 Å². The zero-order chi connectivity index (χ0) is 18.4. The molecule has 0 radical (unpaired) electrons. The van der Waals surface area contributed by atoms with Crippen molar-refractivity contribution in [3.63, 3.8) is 0 Å². The molecule has 27 heavy (non-hydrogen) atoms. The van der Waals surface area contributed by atoms with Gasteiger partial charge in [-0.3, -0.25) is 0 Å². The molecule has 5 rings (SSSR count). The molecule has 4 aromatic carbocycles. The molecule has 5 aromatic rings. The Balaban J connectivity index is 2.09. The van der Waals surface area contributed by atoms with Crippen molar-refractivity contribution >= 4 is 32.6 Å². The van der Waals surface area contributed by atoms with Crippen molar-refractivity contribution < 1.29 is 0 Å². The summed E-state index contributed by atoms with van der Waals surface area (Å²) in [5.74, 6) is 0. The van der Waals surface area contributed by atoms with E-state index in [1.165, 1.54) is 5.39 Å². The smallest absolute Gasteiger partial charge is 0.101 e. The van der Waals surface area contributed by atoms with Gasteiger partial charge in [0, 0.05) is 10.8 Å². The molecule has 0 N–H and O–H groups in total. The molecule has 0 bridgehead atoms. The molecule has 0 saturated heterocycles. The molecule has 124 valence electrons. The van der Waals surface area contributed by atoms with E-state index in [-0.39, 0.29) is 0 Å². The maximum atomic E-state index is 9.68. The van der Waals surface area contributed by atoms with E-state index < -0.39 is 0 Å². The first-order valence-electron chi connectivity index (χ1n) is 8.68. The van der Waals surface area contributed by atoms with Crippen molar-refractivity contribution in [3.05, 3.63) is 90.0 Å². The first-order chi connectivity index (χ1) is 13.3. The highest BCUT2D eigenvalue weighted by molar-refractivity contribution is 6.21. The number of rotatable bonds is 1. The van der Waals surface area contributed by atoms with Crippen LogP contribution in [0.1, 0.15) is 11.1 Å². The normalized spacial score (nSPS) is 10.9. The Labute approximate surface area is 155 Å². The minimum absolute atomic E-state index is 0.491. The number of aromatic nitrogens is 1. The molecule has 1 aromatic heterocycles. The lowest BCUT2D eigenvalue weighted by atomic mass is 10.0. The second-order valence-corrected chi connectivity index (χ2v) is 6.46. The van der Waals surface area contributed by atoms with Crippen LogP contribution in [-0.2, 0) is 0 Å². The first-order valence-corrected chi connectivity index (χ1v) is 8.68. The molecule has 0 aliphatic carbocycles. The lowest BCUT2D eigenvalue weighted by Crippen LogP contribution is -2.00. The molecule has 3 nitrogen and oxygen atoms in total. The van der Waals surface area contributed by atoms with Gasteiger partial charge in [-0.25, -0.2) is 0 Å². The highest BCUT2D eigenvalue weighted by atomic mass is 15.0. The molecule has 0 spiro atoms. The summed E-state index contributed by atoms with van der Waals surface area (Å²) in [6, 6.07) is 30.4. The monoisotopic (exact) mass is 343 g/mol. The lowest BCUT2D eigenvalue weighted by molar-refractivity contribution is 1.16. The van der Waals surface area contributed by atoms with E-state index in [1.54, 1.807) is 18.2 Å². The number of nitriles is 2. The molecule has 0 amide bonds. The highest BCUT2D eigenvalue weighted by Gasteiger charge is 2.18. The lowest BCUT2D eigenvalue weighted by Gasteiger charge is -2.11. The van der Waals surface area contributed by atoms with E-state index in [9.17, 15) is 10.5 Å². The third-order valence-corrected chi connectivity index (χ3v) is 5.06. The fourth-order valence-electron chi connectivity index (χ4n) is 3.94. The molecular weight excluding hydrogens is 330 g/mol. The Morgan fingerprint density at radius 3 is 2.00 bits per heavy atom. The summed E-state index contributed by atoms with van der Waals surface area (Å²) in [6.07, 6.45) is 0. The van der Waals surface area contributed by atoms with Gasteiger partial charge in [-0.15, -0.1) is 0 Å². The van der Waals surface area contributed by atoms with Crippen LogP contribution >= 0.6 is 0 Å². The van der Waals surface area contributed by atoms with Gasteiger partial charge in [-0.2, -0.15) is 10.5 Å². The van der Waals surface area contributed by atoms with Crippen LogP contribution < -0.4 is 0 Å². The van der Waals surface area contributed by atoms with Gasteiger partial charge in [0.15, 0.2) is 0 Å². The van der Waals surface area contributed by atoms with E-state index in [1.807, 2.05) is 34.9 Å². The SMILES string of the molecule is N#Cc1cccc(C#N)c1-n1c2ccccc2c2c3ccccc3ccc21. The quantitative estimate of drug-likeness (QED) is 0.393. The van der Waals surface area contributed by atoms with E-state index >= 15 is 0 Å². The van der Waals surface area contributed by atoms with Gasteiger partial charge in [0.25, 0.3) is 0 Å². The third-order valence-electron chi connectivity index (χ3n) is 5.06. The van der Waals surface area contributed by atoms with Crippen LogP contribution in [-0.4, -0.2) is 4.57 Å². The summed E-state index contributed by atoms with van der Waals surface area (Å²) in [4.78, 5) is 0. The molecule has 0 aliphatic rings. The summed E-state index contributed by atoms with van der Waals surface area (Å²) < 4.78 is 2.05. The summed E-state index contributed by atoms with van der Waals surface area (Å²) >= 11 is 0. The summed E-state index contributed by atoms with van der Waals surface area (Å²) in [5.41, 5.74) is 3.61. The van der Waals surface area contributed by atoms with Crippen LogP contribution in [0.3, 0.4) is 0 Å². The Morgan fingerprint density at radius 2 is 1.26 bits per heavy atom. The topological polar surface area (TPSA) is 52.5 Å². The van der Waals surface area contributed by atoms with Crippen molar-refractivity contribution in [2.24, 2.45) is 0 Å². The fraction of sp³-hybridized carbons (Fsp3) is 0. The minimum Gasteiger partial charge on any atom is -0.307 e. The van der Waals surface area contributed by atoms with Crippen molar-refractivity contribution in [2.45, 2.75) is 0 Å². The van der Waals surface area contributed by atoms with Crippen molar-refractivity contribution in [3.8, 4) is 17.8 Å². The second kappa shape index (κ2) is 5.73. The fourth-order valence-corrected chi connectivity index (χ4v) is 3.94. The van der Waals surface area contributed by atoms with Gasteiger partial charge in [0.05, 0.1) is 27.8 Å². The molecule has 0 atom stereocenters. The van der Waals surface area contributed by atoms with Gasteiger partial charge in [0.2, 0.25) is 0 Å². The summed E-state index contributed by atoms with van der Waals surface area (Å²) in [6.45, 7) is 0. The highest BCUT2D eigenvalue weighted by Crippen LogP contribution is 2.38. The molecule has 3 heteroatoms. The number of nitrogens with zero attached hydrogens (tertiary/aromatic N) is 3. The van der Waals surface area contributed by atoms with Crippen LogP contribution in [0.15, 0.2) is 78.9 Å². The number of hydrogen-bond donors (Lipinski definition) is 0. The summed E-state index contributed by atoms with van der Waals surface area (Å²) in [7, 11) is 0. The zero-order valence-electron chi connectivity index (χ0n) is 14.3. The third kappa shape index (κ3) is 2.06. The predicted molar refractivity (Wildman–Crippen MR) is 108 cm³/mol. The number of fused-ring (bicyclic) bond motifs is 5. The molecule has 0 saturated carbocycles. The standard InChI is InChI=1S/C24H13N3/c25-14-17-7-5-8-18(15-26)24(17)27-21-11-4-3-10-20(21)23-19-9-2-1-6-16(19)12-13-22(23)27/h1-13H. The number of hydrogen-bond acceptors (Lipinski definition) is 2. The number of benzene rings is 4. The van der Waals surface area contributed by atoms with E-state index in [0.717, 1.165) is 27.2 Å². The zero-order valence-corrected chi connectivity index (χ0v) is 14.3. The van der Waals surface area contributed by atoms with Crippen LogP contribution in [0, 0.1) is 22.7 Å². The predicted octanol–water partition coefficient (Wildman–Crippen LogP) is 5.68. The Bertz CT molecular complexity index is 1410. The van der Waals surface area contributed by atoms with Crippen LogP contribution in [0.25, 0.3) is 38.3 Å². The van der Waals surface area contributed by atoms with Crippen molar-refractivity contribution in [1.82, 2.24) is 4.57 Å². The van der Waals surface area contributed by atoms with Gasteiger partial charge in [-0.1, -0.05) is 54.6 Å². The largest absolute Gasteiger partial charge is 0.307 e. The van der Waals surface area contributed by atoms with Gasteiger partial charge >= 0.3 is 0 Å². The Kier molecular flexibility index (Phi) is 3.22. The maximum Gasteiger partial charge on any atom is 0.101 e. The molecule has 0 unspecified atom stereocenters. The Morgan fingerprint density at radius 1 is 0.593 bits per heavy atom.